The van der Waals surface area contributed by atoms with E-state index in [0.29, 0.717) is 0 Å². The van der Waals surface area contributed by atoms with Gasteiger partial charge in [-0.2, -0.15) is 5.10 Å². The van der Waals surface area contributed by atoms with E-state index in [2.05, 4.69) is 36.9 Å². The Bertz CT molecular complexity index is 483. The maximum atomic E-state index is 4.34. The molecule has 0 bridgehead atoms. The summed E-state index contributed by atoms with van der Waals surface area (Å²) in [6.07, 6.45) is 6.99. The molecule has 1 aromatic heterocycles. The minimum absolute atomic E-state index is 0.969. The van der Waals surface area contributed by atoms with Crippen LogP contribution in [-0.4, -0.2) is 9.78 Å². The zero-order valence-electron chi connectivity index (χ0n) is 9.56. The summed E-state index contributed by atoms with van der Waals surface area (Å²) in [7, 11) is 0. The standard InChI is InChI=1S/C14H16N2/c1-3-9-16-11-13(10-15-16)14-8-6-5-7-12(14)4-2/h4-8,10-11H,2-3,9H2,1H3. The fourth-order valence-electron chi connectivity index (χ4n) is 1.79. The Balaban J connectivity index is 2.38. The lowest BCUT2D eigenvalue weighted by molar-refractivity contribution is 0.603. The third-order valence-electron chi connectivity index (χ3n) is 2.58. The fraction of sp³-hybridized carbons (Fsp3) is 0.214. The lowest BCUT2D eigenvalue weighted by atomic mass is 10.0. The molecule has 0 aliphatic rings. The normalized spacial score (nSPS) is 10.3. The van der Waals surface area contributed by atoms with Gasteiger partial charge in [-0.25, -0.2) is 0 Å². The summed E-state index contributed by atoms with van der Waals surface area (Å²) < 4.78 is 1.98. The summed E-state index contributed by atoms with van der Waals surface area (Å²) in [4.78, 5) is 0. The number of aryl methyl sites for hydroxylation is 1. The van der Waals surface area contributed by atoms with Crippen LogP contribution in [0.5, 0.6) is 0 Å². The predicted molar refractivity (Wildman–Crippen MR) is 68.0 cm³/mol. The lowest BCUT2D eigenvalue weighted by Crippen LogP contribution is -1.95. The van der Waals surface area contributed by atoms with Gasteiger partial charge in [0.2, 0.25) is 0 Å². The first-order valence-corrected chi connectivity index (χ1v) is 5.59. The molecule has 0 fully saturated rings. The first-order valence-electron chi connectivity index (χ1n) is 5.59. The van der Waals surface area contributed by atoms with Crippen molar-refractivity contribution < 1.29 is 0 Å². The molecule has 0 spiro atoms. The summed E-state index contributed by atoms with van der Waals surface area (Å²) in [5.41, 5.74) is 3.50. The van der Waals surface area contributed by atoms with E-state index in [9.17, 15) is 0 Å². The SMILES string of the molecule is C=Cc1ccccc1-c1cnn(CCC)c1. The van der Waals surface area contributed by atoms with Gasteiger partial charge < -0.3 is 0 Å². The average molecular weight is 212 g/mol. The van der Waals surface area contributed by atoms with Crippen molar-refractivity contribution in [2.75, 3.05) is 0 Å². The maximum Gasteiger partial charge on any atom is 0.0568 e. The summed E-state index contributed by atoms with van der Waals surface area (Å²) in [5.74, 6) is 0. The van der Waals surface area contributed by atoms with Crippen molar-refractivity contribution in [1.29, 1.82) is 0 Å². The fourth-order valence-corrected chi connectivity index (χ4v) is 1.79. The first-order chi connectivity index (χ1) is 7.85. The van der Waals surface area contributed by atoms with E-state index < -0.39 is 0 Å². The quantitative estimate of drug-likeness (QED) is 0.757. The summed E-state index contributed by atoms with van der Waals surface area (Å²) in [6, 6.07) is 8.24. The first kappa shape index (κ1) is 10.7. The minimum Gasteiger partial charge on any atom is -0.272 e. The number of hydrogen-bond donors (Lipinski definition) is 0. The van der Waals surface area contributed by atoms with Gasteiger partial charge in [0.1, 0.15) is 0 Å². The van der Waals surface area contributed by atoms with E-state index in [0.717, 1.165) is 24.1 Å². The van der Waals surface area contributed by atoms with E-state index in [1.165, 1.54) is 5.56 Å². The van der Waals surface area contributed by atoms with Crippen molar-refractivity contribution in [3.8, 4) is 11.1 Å². The van der Waals surface area contributed by atoms with Crippen LogP contribution in [0.2, 0.25) is 0 Å². The number of benzene rings is 1. The van der Waals surface area contributed by atoms with Gasteiger partial charge in [0.25, 0.3) is 0 Å². The minimum atomic E-state index is 0.969. The van der Waals surface area contributed by atoms with Crippen LogP contribution in [0.25, 0.3) is 17.2 Å². The lowest BCUT2D eigenvalue weighted by Gasteiger charge is -2.02. The molecule has 2 nitrogen and oxygen atoms in total. The number of nitrogens with zero attached hydrogens (tertiary/aromatic N) is 2. The Kier molecular flexibility index (Phi) is 3.20. The zero-order chi connectivity index (χ0) is 11.4. The van der Waals surface area contributed by atoms with Gasteiger partial charge in [0, 0.05) is 18.3 Å². The predicted octanol–water partition coefficient (Wildman–Crippen LogP) is 3.60. The topological polar surface area (TPSA) is 17.8 Å². The van der Waals surface area contributed by atoms with Crippen molar-refractivity contribution in [2.24, 2.45) is 0 Å². The Morgan fingerprint density at radius 3 is 2.94 bits per heavy atom. The summed E-state index contributed by atoms with van der Waals surface area (Å²) in [5, 5.41) is 4.34. The second-order valence-electron chi connectivity index (χ2n) is 3.78. The molecule has 82 valence electrons. The molecular formula is C14H16N2. The zero-order valence-corrected chi connectivity index (χ0v) is 9.56. The van der Waals surface area contributed by atoms with Gasteiger partial charge in [0.15, 0.2) is 0 Å². The van der Waals surface area contributed by atoms with Gasteiger partial charge in [-0.1, -0.05) is 43.8 Å². The molecule has 1 aromatic carbocycles. The van der Waals surface area contributed by atoms with E-state index in [-0.39, 0.29) is 0 Å². The van der Waals surface area contributed by atoms with Gasteiger partial charge >= 0.3 is 0 Å². The largest absolute Gasteiger partial charge is 0.272 e. The van der Waals surface area contributed by atoms with Gasteiger partial charge in [-0.15, -0.1) is 0 Å². The molecule has 0 N–H and O–H groups in total. The van der Waals surface area contributed by atoms with E-state index >= 15 is 0 Å². The van der Waals surface area contributed by atoms with Crippen molar-refractivity contribution in [3.63, 3.8) is 0 Å². The van der Waals surface area contributed by atoms with Crippen LogP contribution in [0.4, 0.5) is 0 Å². The van der Waals surface area contributed by atoms with E-state index in [1.807, 2.05) is 29.1 Å². The van der Waals surface area contributed by atoms with Crippen LogP contribution in [0.15, 0.2) is 43.2 Å². The Morgan fingerprint density at radius 1 is 1.38 bits per heavy atom. The number of hydrogen-bond acceptors (Lipinski definition) is 1. The second kappa shape index (κ2) is 4.79. The monoisotopic (exact) mass is 212 g/mol. The maximum absolute atomic E-state index is 4.34. The molecule has 0 aliphatic heterocycles. The molecule has 2 aromatic rings. The van der Waals surface area contributed by atoms with Crippen molar-refractivity contribution in [1.82, 2.24) is 9.78 Å². The highest BCUT2D eigenvalue weighted by Crippen LogP contribution is 2.23. The molecule has 0 aliphatic carbocycles. The molecule has 0 saturated carbocycles. The Hall–Kier alpha value is -1.83. The molecule has 0 radical (unpaired) electrons. The highest BCUT2D eigenvalue weighted by molar-refractivity contribution is 5.73. The smallest absolute Gasteiger partial charge is 0.0568 e. The van der Waals surface area contributed by atoms with E-state index in [4.69, 9.17) is 0 Å². The van der Waals surface area contributed by atoms with Crippen LogP contribution < -0.4 is 0 Å². The molecular weight excluding hydrogens is 196 g/mol. The molecule has 0 unspecified atom stereocenters. The average Bonchev–Trinajstić information content (AvgIpc) is 2.78. The Morgan fingerprint density at radius 2 is 2.19 bits per heavy atom. The Labute approximate surface area is 96.2 Å². The highest BCUT2D eigenvalue weighted by atomic mass is 15.3. The van der Waals surface area contributed by atoms with Crippen molar-refractivity contribution in [2.45, 2.75) is 19.9 Å². The summed E-state index contributed by atoms with van der Waals surface area (Å²) >= 11 is 0. The summed E-state index contributed by atoms with van der Waals surface area (Å²) in [6.45, 7) is 6.95. The van der Waals surface area contributed by atoms with Crippen LogP contribution >= 0.6 is 0 Å². The van der Waals surface area contributed by atoms with Gasteiger partial charge in [-0.05, 0) is 17.5 Å². The molecule has 1 heterocycles. The molecule has 0 amide bonds. The highest BCUT2D eigenvalue weighted by Gasteiger charge is 2.04. The van der Waals surface area contributed by atoms with Gasteiger partial charge in [-0.3, -0.25) is 4.68 Å². The van der Waals surface area contributed by atoms with E-state index in [1.54, 1.807) is 0 Å². The third kappa shape index (κ3) is 2.06. The van der Waals surface area contributed by atoms with Crippen LogP contribution in [0, 0.1) is 0 Å². The molecule has 0 saturated heterocycles. The van der Waals surface area contributed by atoms with Crippen LogP contribution in [-0.2, 0) is 6.54 Å². The molecule has 2 rings (SSSR count). The van der Waals surface area contributed by atoms with Crippen LogP contribution in [0.3, 0.4) is 0 Å². The number of aromatic nitrogens is 2. The van der Waals surface area contributed by atoms with Crippen molar-refractivity contribution >= 4 is 6.08 Å². The second-order valence-corrected chi connectivity index (χ2v) is 3.78. The number of rotatable bonds is 4. The third-order valence-corrected chi connectivity index (χ3v) is 2.58. The van der Waals surface area contributed by atoms with Crippen LogP contribution in [0.1, 0.15) is 18.9 Å². The molecule has 0 atom stereocenters. The van der Waals surface area contributed by atoms with Gasteiger partial charge in [0.05, 0.1) is 6.20 Å². The van der Waals surface area contributed by atoms with Crippen molar-refractivity contribution in [3.05, 3.63) is 48.8 Å². The molecule has 2 heteroatoms. The molecule has 16 heavy (non-hydrogen) atoms.